The third-order valence-electron chi connectivity index (χ3n) is 3.33. The minimum atomic E-state index is -0.0938. The molecule has 3 heteroatoms. The van der Waals surface area contributed by atoms with E-state index in [1.807, 2.05) is 19.2 Å². The summed E-state index contributed by atoms with van der Waals surface area (Å²) >= 11 is 0. The number of aryl methyl sites for hydroxylation is 1. The lowest BCUT2D eigenvalue weighted by Gasteiger charge is -2.14. The Labute approximate surface area is 96.9 Å². The van der Waals surface area contributed by atoms with Crippen LogP contribution in [0.5, 0.6) is 0 Å². The molecule has 0 spiro atoms. The Kier molecular flexibility index (Phi) is 3.91. The first-order valence-corrected chi connectivity index (χ1v) is 6.06. The van der Waals surface area contributed by atoms with Gasteiger partial charge in [0.15, 0.2) is 0 Å². The van der Waals surface area contributed by atoms with E-state index < -0.39 is 0 Å². The maximum atomic E-state index is 9.67. The number of nitrogens with zero attached hydrogens (tertiary/aromatic N) is 1. The van der Waals surface area contributed by atoms with Crippen LogP contribution in [0.2, 0.25) is 0 Å². The Morgan fingerprint density at radius 1 is 1.44 bits per heavy atom. The number of hydrogen-bond donors (Lipinski definition) is 2. The van der Waals surface area contributed by atoms with Crippen LogP contribution < -0.4 is 5.32 Å². The van der Waals surface area contributed by atoms with Crippen molar-refractivity contribution in [1.82, 2.24) is 10.3 Å². The van der Waals surface area contributed by atoms with Crippen LogP contribution in [0.3, 0.4) is 0 Å². The number of aliphatic hydroxyl groups excluding tert-OH is 1. The molecular formula is C13H20N2O. The molecule has 0 bridgehead atoms. The van der Waals surface area contributed by atoms with Gasteiger partial charge in [0.2, 0.25) is 0 Å². The van der Waals surface area contributed by atoms with Crippen LogP contribution in [0.4, 0.5) is 0 Å². The molecule has 2 atom stereocenters. The summed E-state index contributed by atoms with van der Waals surface area (Å²) < 4.78 is 0. The third kappa shape index (κ3) is 3.03. The fraction of sp³-hybridized carbons (Fsp3) is 0.615. The quantitative estimate of drug-likeness (QED) is 0.811. The molecule has 1 fully saturated rings. The van der Waals surface area contributed by atoms with Gasteiger partial charge < -0.3 is 10.4 Å². The fourth-order valence-electron chi connectivity index (χ4n) is 2.26. The number of aromatic nitrogens is 1. The molecule has 0 radical (unpaired) electrons. The predicted octanol–water partition coefficient (Wildman–Crippen LogP) is 1.64. The second kappa shape index (κ2) is 5.41. The molecule has 2 unspecified atom stereocenters. The van der Waals surface area contributed by atoms with Crippen LogP contribution in [0.1, 0.15) is 30.5 Å². The van der Waals surface area contributed by atoms with E-state index in [2.05, 4.69) is 16.4 Å². The molecule has 1 aromatic rings. The molecule has 16 heavy (non-hydrogen) atoms. The van der Waals surface area contributed by atoms with Crippen molar-refractivity contribution in [3.63, 3.8) is 0 Å². The SMILES string of the molecule is Cc1ccc(CNCC2CCCC2O)cn1. The standard InChI is InChI=1S/C13H20N2O/c1-10-5-6-11(8-15-10)7-14-9-12-3-2-4-13(12)16/h5-6,8,12-14,16H,2-4,7,9H2,1H3. The normalized spacial score (nSPS) is 24.9. The summed E-state index contributed by atoms with van der Waals surface area (Å²) in [5, 5.41) is 13.1. The van der Waals surface area contributed by atoms with Crippen molar-refractivity contribution in [2.45, 2.75) is 38.8 Å². The first-order chi connectivity index (χ1) is 7.75. The average molecular weight is 220 g/mol. The van der Waals surface area contributed by atoms with Gasteiger partial charge in [-0.15, -0.1) is 0 Å². The highest BCUT2D eigenvalue weighted by Gasteiger charge is 2.24. The average Bonchev–Trinajstić information content (AvgIpc) is 2.68. The van der Waals surface area contributed by atoms with Gasteiger partial charge in [-0.25, -0.2) is 0 Å². The van der Waals surface area contributed by atoms with E-state index in [4.69, 9.17) is 0 Å². The van der Waals surface area contributed by atoms with Crippen molar-refractivity contribution in [3.8, 4) is 0 Å². The molecule has 0 saturated heterocycles. The summed E-state index contributed by atoms with van der Waals surface area (Å²) in [7, 11) is 0. The lowest BCUT2D eigenvalue weighted by atomic mass is 10.1. The van der Waals surface area contributed by atoms with Gasteiger partial charge in [-0.3, -0.25) is 4.98 Å². The molecule has 1 saturated carbocycles. The van der Waals surface area contributed by atoms with Crippen molar-refractivity contribution < 1.29 is 5.11 Å². The van der Waals surface area contributed by atoms with E-state index in [0.29, 0.717) is 5.92 Å². The maximum Gasteiger partial charge on any atom is 0.0580 e. The Balaban J connectivity index is 1.73. The van der Waals surface area contributed by atoms with Crippen molar-refractivity contribution in [2.75, 3.05) is 6.54 Å². The summed E-state index contributed by atoms with van der Waals surface area (Å²) in [4.78, 5) is 4.26. The van der Waals surface area contributed by atoms with E-state index in [1.165, 1.54) is 12.0 Å². The highest BCUT2D eigenvalue weighted by Crippen LogP contribution is 2.24. The summed E-state index contributed by atoms with van der Waals surface area (Å²) in [6.07, 6.45) is 5.11. The Bertz CT molecular complexity index is 323. The monoisotopic (exact) mass is 220 g/mol. The van der Waals surface area contributed by atoms with Gasteiger partial charge in [0, 0.05) is 25.0 Å². The van der Waals surface area contributed by atoms with Crippen molar-refractivity contribution in [1.29, 1.82) is 0 Å². The maximum absolute atomic E-state index is 9.67. The largest absolute Gasteiger partial charge is 0.393 e. The molecule has 1 aliphatic carbocycles. The van der Waals surface area contributed by atoms with Gasteiger partial charge >= 0.3 is 0 Å². The number of pyridine rings is 1. The molecule has 2 N–H and O–H groups in total. The van der Waals surface area contributed by atoms with E-state index >= 15 is 0 Å². The van der Waals surface area contributed by atoms with Gasteiger partial charge in [-0.2, -0.15) is 0 Å². The third-order valence-corrected chi connectivity index (χ3v) is 3.33. The topological polar surface area (TPSA) is 45.1 Å². The van der Waals surface area contributed by atoms with Gasteiger partial charge in [-0.05, 0) is 37.3 Å². The second-order valence-corrected chi connectivity index (χ2v) is 4.70. The van der Waals surface area contributed by atoms with E-state index in [-0.39, 0.29) is 6.10 Å². The zero-order chi connectivity index (χ0) is 11.4. The zero-order valence-electron chi connectivity index (χ0n) is 9.82. The number of hydrogen-bond acceptors (Lipinski definition) is 3. The van der Waals surface area contributed by atoms with Crippen molar-refractivity contribution >= 4 is 0 Å². The van der Waals surface area contributed by atoms with Crippen molar-refractivity contribution in [2.24, 2.45) is 5.92 Å². The van der Waals surface area contributed by atoms with Crippen molar-refractivity contribution in [3.05, 3.63) is 29.6 Å². The molecule has 1 heterocycles. The predicted molar refractivity (Wildman–Crippen MR) is 64.0 cm³/mol. The minimum absolute atomic E-state index is 0.0938. The molecular weight excluding hydrogens is 200 g/mol. The molecule has 1 aliphatic rings. The van der Waals surface area contributed by atoms with E-state index in [0.717, 1.165) is 31.6 Å². The molecule has 2 rings (SSSR count). The molecule has 0 amide bonds. The first-order valence-electron chi connectivity index (χ1n) is 6.06. The van der Waals surface area contributed by atoms with Gasteiger partial charge in [0.05, 0.1) is 6.10 Å². The summed E-state index contributed by atoms with van der Waals surface area (Å²) in [5.41, 5.74) is 2.26. The first kappa shape index (κ1) is 11.6. The van der Waals surface area contributed by atoms with E-state index in [1.54, 1.807) is 0 Å². The lowest BCUT2D eigenvalue weighted by molar-refractivity contribution is 0.131. The molecule has 0 aliphatic heterocycles. The second-order valence-electron chi connectivity index (χ2n) is 4.70. The lowest BCUT2D eigenvalue weighted by Crippen LogP contribution is -2.27. The van der Waals surface area contributed by atoms with Crippen LogP contribution in [-0.4, -0.2) is 22.7 Å². The zero-order valence-corrected chi connectivity index (χ0v) is 9.82. The summed E-state index contributed by atoms with van der Waals surface area (Å²) in [6.45, 7) is 3.75. The molecule has 1 aromatic heterocycles. The number of rotatable bonds is 4. The van der Waals surface area contributed by atoms with Crippen LogP contribution in [0, 0.1) is 12.8 Å². The highest BCUT2D eigenvalue weighted by atomic mass is 16.3. The Hall–Kier alpha value is -0.930. The van der Waals surface area contributed by atoms with Gasteiger partial charge in [0.25, 0.3) is 0 Å². The number of nitrogens with one attached hydrogen (secondary N) is 1. The fourth-order valence-corrected chi connectivity index (χ4v) is 2.26. The van der Waals surface area contributed by atoms with Crippen LogP contribution >= 0.6 is 0 Å². The van der Waals surface area contributed by atoms with Crippen LogP contribution in [-0.2, 0) is 6.54 Å². The molecule has 88 valence electrons. The highest BCUT2D eigenvalue weighted by molar-refractivity contribution is 5.12. The molecule has 3 nitrogen and oxygen atoms in total. The Morgan fingerprint density at radius 3 is 2.94 bits per heavy atom. The molecule has 0 aromatic carbocycles. The van der Waals surface area contributed by atoms with Gasteiger partial charge in [0.1, 0.15) is 0 Å². The summed E-state index contributed by atoms with van der Waals surface area (Å²) in [6, 6.07) is 4.13. The van der Waals surface area contributed by atoms with Gasteiger partial charge in [-0.1, -0.05) is 12.5 Å². The van der Waals surface area contributed by atoms with Crippen LogP contribution in [0.25, 0.3) is 0 Å². The Morgan fingerprint density at radius 2 is 2.31 bits per heavy atom. The smallest absolute Gasteiger partial charge is 0.0580 e. The minimum Gasteiger partial charge on any atom is -0.393 e. The van der Waals surface area contributed by atoms with Crippen LogP contribution in [0.15, 0.2) is 18.3 Å². The summed E-state index contributed by atoms with van der Waals surface area (Å²) in [5.74, 6) is 0.443. The van der Waals surface area contributed by atoms with E-state index in [9.17, 15) is 5.11 Å². The number of aliphatic hydroxyl groups is 1.